The second kappa shape index (κ2) is 9.63. The molecule has 0 aromatic heterocycles. The summed E-state index contributed by atoms with van der Waals surface area (Å²) in [6, 6.07) is 8.92. The fourth-order valence-corrected chi connectivity index (χ4v) is 1.82. The van der Waals surface area contributed by atoms with Crippen LogP contribution in [0.3, 0.4) is 0 Å². The monoisotopic (exact) mass is 227 g/mol. The van der Waals surface area contributed by atoms with E-state index in [1.165, 1.54) is 50.0 Å². The van der Waals surface area contributed by atoms with Gasteiger partial charge in [0.15, 0.2) is 0 Å². The Labute approximate surface area is 120 Å². The van der Waals surface area contributed by atoms with E-state index < -0.39 is 0 Å². The molecule has 1 nitrogen and oxygen atoms in total. The van der Waals surface area contributed by atoms with Gasteiger partial charge in [0, 0.05) is 18.8 Å². The Morgan fingerprint density at radius 1 is 0.941 bits per heavy atom. The molecule has 0 unspecified atom stereocenters. The zero-order chi connectivity index (χ0) is 11.8. The molecule has 0 heterocycles. The molecule has 0 fully saturated rings. The van der Waals surface area contributed by atoms with Crippen molar-refractivity contribution in [1.82, 2.24) is 0 Å². The van der Waals surface area contributed by atoms with Crippen LogP contribution in [-0.2, 0) is 0 Å². The summed E-state index contributed by atoms with van der Waals surface area (Å²) in [7, 11) is 0. The molecule has 0 amide bonds. The fraction of sp³-hybridized carbons (Fsp3) is 0.600. The van der Waals surface area contributed by atoms with Crippen LogP contribution < -0.4 is 23.8 Å². The summed E-state index contributed by atoms with van der Waals surface area (Å²) < 4.78 is 0. The summed E-state index contributed by atoms with van der Waals surface area (Å²) >= 11 is 0. The first kappa shape index (κ1) is 16.6. The van der Waals surface area contributed by atoms with Crippen LogP contribution in [0.4, 0.5) is 5.69 Å². The molecule has 0 N–H and O–H groups in total. The van der Waals surface area contributed by atoms with Crippen LogP contribution in [0, 0.1) is 6.92 Å². The number of nitrogens with zero attached hydrogens (tertiary/aromatic N) is 1. The van der Waals surface area contributed by atoms with Gasteiger partial charge in [0.2, 0.25) is 0 Å². The zero-order valence-electron chi connectivity index (χ0n) is 13.0. The first-order valence-corrected chi connectivity index (χ1v) is 6.59. The van der Waals surface area contributed by atoms with Crippen molar-refractivity contribution in [3.05, 3.63) is 29.8 Å². The number of benzene rings is 1. The normalized spacial score (nSPS) is 9.82. The molecule has 0 radical (unpaired) electrons. The molecule has 2 heteroatoms. The molecule has 0 spiro atoms. The Bertz CT molecular complexity index is 279. The predicted molar refractivity (Wildman–Crippen MR) is 74.3 cm³/mol. The number of rotatable bonds is 7. The second-order valence-electron chi connectivity index (χ2n) is 4.53. The van der Waals surface area contributed by atoms with Crippen LogP contribution in [0.5, 0.6) is 0 Å². The van der Waals surface area contributed by atoms with Crippen molar-refractivity contribution in [1.29, 1.82) is 0 Å². The Morgan fingerprint density at radius 3 is 1.82 bits per heavy atom. The molecule has 0 aliphatic carbocycles. The number of hydrogen-bond donors (Lipinski definition) is 0. The topological polar surface area (TPSA) is 3.24 Å². The maximum absolute atomic E-state index is 2.52. The van der Waals surface area contributed by atoms with E-state index >= 15 is 0 Å². The molecule has 0 atom stereocenters. The molecule has 0 aliphatic rings. The summed E-state index contributed by atoms with van der Waals surface area (Å²) in [5.41, 5.74) is 2.72. The van der Waals surface area contributed by atoms with Crippen molar-refractivity contribution in [2.45, 2.75) is 46.5 Å². The molecular formula is C15H26LiN. The largest absolute Gasteiger partial charge is 1.00 e. The van der Waals surface area contributed by atoms with E-state index in [2.05, 4.69) is 49.9 Å². The Kier molecular flexibility index (Phi) is 9.41. The van der Waals surface area contributed by atoms with Gasteiger partial charge in [-0.3, -0.25) is 0 Å². The van der Waals surface area contributed by atoms with Gasteiger partial charge in [0.1, 0.15) is 0 Å². The van der Waals surface area contributed by atoms with Crippen molar-refractivity contribution in [3.63, 3.8) is 0 Å². The predicted octanol–water partition coefficient (Wildman–Crippen LogP) is 1.52. The summed E-state index contributed by atoms with van der Waals surface area (Å²) in [6.07, 6.45) is 5.12. The molecule has 1 rings (SSSR count). The van der Waals surface area contributed by atoms with Crippen molar-refractivity contribution in [2.75, 3.05) is 18.0 Å². The zero-order valence-corrected chi connectivity index (χ0v) is 12.0. The maximum atomic E-state index is 2.52. The van der Waals surface area contributed by atoms with E-state index in [1.807, 2.05) is 0 Å². The van der Waals surface area contributed by atoms with Gasteiger partial charge in [-0.2, -0.15) is 0 Å². The van der Waals surface area contributed by atoms with Gasteiger partial charge in [0.25, 0.3) is 0 Å². The van der Waals surface area contributed by atoms with Gasteiger partial charge in [-0.15, -0.1) is 0 Å². The fourth-order valence-electron chi connectivity index (χ4n) is 1.82. The summed E-state index contributed by atoms with van der Waals surface area (Å²) in [6.45, 7) is 9.05. The molecule has 0 bridgehead atoms. The van der Waals surface area contributed by atoms with Gasteiger partial charge in [-0.1, -0.05) is 44.4 Å². The summed E-state index contributed by atoms with van der Waals surface area (Å²) in [5.74, 6) is 0. The van der Waals surface area contributed by atoms with Crippen LogP contribution in [-0.4, -0.2) is 13.1 Å². The summed E-state index contributed by atoms with van der Waals surface area (Å²) in [5, 5.41) is 0. The molecule has 0 aliphatic heterocycles. The Hall–Kier alpha value is -0.383. The van der Waals surface area contributed by atoms with Crippen molar-refractivity contribution >= 4 is 5.69 Å². The first-order valence-electron chi connectivity index (χ1n) is 6.59. The van der Waals surface area contributed by atoms with E-state index in [0.29, 0.717) is 0 Å². The molecule has 92 valence electrons. The molecule has 0 saturated heterocycles. The van der Waals surface area contributed by atoms with Crippen molar-refractivity contribution < 1.29 is 20.3 Å². The third-order valence-corrected chi connectivity index (χ3v) is 2.96. The Balaban J connectivity index is 0. The number of anilines is 1. The molecule has 0 saturated carbocycles. The third kappa shape index (κ3) is 6.20. The van der Waals surface area contributed by atoms with E-state index in [-0.39, 0.29) is 20.3 Å². The Morgan fingerprint density at radius 2 is 1.41 bits per heavy atom. The van der Waals surface area contributed by atoms with Gasteiger partial charge in [-0.05, 0) is 31.9 Å². The van der Waals surface area contributed by atoms with Crippen LogP contribution in [0.1, 0.15) is 46.5 Å². The van der Waals surface area contributed by atoms with Crippen molar-refractivity contribution in [2.24, 2.45) is 0 Å². The quantitative estimate of drug-likeness (QED) is 0.638. The van der Waals surface area contributed by atoms with Crippen LogP contribution in [0.15, 0.2) is 24.3 Å². The smallest absolute Gasteiger partial charge is 1.00 e. The number of hydrogen-bond acceptors (Lipinski definition) is 1. The number of unbranched alkanes of at least 4 members (excludes halogenated alkanes) is 2. The van der Waals surface area contributed by atoms with Crippen molar-refractivity contribution in [3.8, 4) is 0 Å². The van der Waals surface area contributed by atoms with E-state index in [9.17, 15) is 0 Å². The van der Waals surface area contributed by atoms with Crippen LogP contribution in [0.2, 0.25) is 0 Å². The average Bonchev–Trinajstić information content (AvgIpc) is 2.31. The minimum atomic E-state index is 0. The standard InChI is InChI=1S/C15H25N.Li.H/c1-4-6-12-16(13-7-5-2)15-10-8-14(3)9-11-15;;/h8-11H,4-7,12-13H2,1-3H3;;/q;+1;-1. The third-order valence-electron chi connectivity index (χ3n) is 2.96. The average molecular weight is 227 g/mol. The van der Waals surface area contributed by atoms with Gasteiger partial charge < -0.3 is 6.33 Å². The molecule has 17 heavy (non-hydrogen) atoms. The molecular weight excluding hydrogens is 201 g/mol. The van der Waals surface area contributed by atoms with E-state index in [4.69, 9.17) is 0 Å². The van der Waals surface area contributed by atoms with Crippen LogP contribution >= 0.6 is 0 Å². The summed E-state index contributed by atoms with van der Waals surface area (Å²) in [4.78, 5) is 2.52. The number of aryl methyl sites for hydroxylation is 1. The minimum absolute atomic E-state index is 0. The van der Waals surface area contributed by atoms with E-state index in [1.54, 1.807) is 0 Å². The maximum Gasteiger partial charge on any atom is 1.00 e. The van der Waals surface area contributed by atoms with Gasteiger partial charge in [-0.25, -0.2) is 0 Å². The SMILES string of the molecule is CCCCN(CCCC)c1ccc(C)cc1.[H-].[Li+]. The second-order valence-corrected chi connectivity index (χ2v) is 4.53. The first-order chi connectivity index (χ1) is 7.77. The van der Waals surface area contributed by atoms with Gasteiger partial charge >= 0.3 is 18.9 Å². The molecule has 1 aromatic carbocycles. The van der Waals surface area contributed by atoms with E-state index in [0.717, 1.165) is 0 Å². The van der Waals surface area contributed by atoms with Gasteiger partial charge in [0.05, 0.1) is 0 Å². The minimum Gasteiger partial charge on any atom is -1.00 e. The molecule has 1 aromatic rings. The van der Waals surface area contributed by atoms with Crippen LogP contribution in [0.25, 0.3) is 0 Å².